The predicted molar refractivity (Wildman–Crippen MR) is 62.1 cm³/mol. The molecule has 0 saturated carbocycles. The van der Waals surface area contributed by atoms with E-state index in [2.05, 4.69) is 12.2 Å². The Morgan fingerprint density at radius 1 is 1.47 bits per heavy atom. The van der Waals surface area contributed by atoms with Gasteiger partial charge in [0.2, 0.25) is 5.91 Å². The summed E-state index contributed by atoms with van der Waals surface area (Å²) in [5, 5.41) is 10.9. The van der Waals surface area contributed by atoms with E-state index in [-0.39, 0.29) is 24.3 Å². The topological polar surface area (TPSA) is 66.4 Å². The Labute approximate surface area is 93.9 Å². The molecular formula is C10H21NO3S. The van der Waals surface area contributed by atoms with Gasteiger partial charge in [-0.05, 0) is 20.3 Å². The van der Waals surface area contributed by atoms with Crippen molar-refractivity contribution in [1.29, 1.82) is 0 Å². The van der Waals surface area contributed by atoms with Gasteiger partial charge in [-0.2, -0.15) is 0 Å². The van der Waals surface area contributed by atoms with Crippen molar-refractivity contribution in [2.45, 2.75) is 44.9 Å². The van der Waals surface area contributed by atoms with Crippen molar-refractivity contribution in [3.05, 3.63) is 0 Å². The molecule has 5 heteroatoms. The third-order valence-corrected chi connectivity index (χ3v) is 3.75. The van der Waals surface area contributed by atoms with Gasteiger partial charge in [0.1, 0.15) is 5.25 Å². The van der Waals surface area contributed by atoms with Crippen molar-refractivity contribution in [2.75, 3.05) is 12.4 Å². The van der Waals surface area contributed by atoms with E-state index < -0.39 is 16.0 Å². The summed E-state index contributed by atoms with van der Waals surface area (Å²) in [5.41, 5.74) is 0. The number of aliphatic hydroxyl groups excluding tert-OH is 1. The fourth-order valence-corrected chi connectivity index (χ4v) is 2.09. The summed E-state index contributed by atoms with van der Waals surface area (Å²) < 4.78 is 11.4. The fraction of sp³-hybridized carbons (Fsp3) is 0.900. The van der Waals surface area contributed by atoms with Crippen molar-refractivity contribution in [2.24, 2.45) is 0 Å². The molecule has 4 nitrogen and oxygen atoms in total. The summed E-state index contributed by atoms with van der Waals surface area (Å²) in [4.78, 5) is 11.6. The highest BCUT2D eigenvalue weighted by Crippen LogP contribution is 2.00. The number of hydrogen-bond acceptors (Lipinski definition) is 3. The molecule has 0 aromatic carbocycles. The molecule has 0 aliphatic heterocycles. The van der Waals surface area contributed by atoms with Gasteiger partial charge in [-0.25, -0.2) is 0 Å². The Morgan fingerprint density at radius 2 is 2.07 bits per heavy atom. The third kappa shape index (κ3) is 5.89. The molecule has 0 fully saturated rings. The van der Waals surface area contributed by atoms with Crippen LogP contribution in [0.4, 0.5) is 0 Å². The van der Waals surface area contributed by atoms with Crippen LogP contribution in [0.15, 0.2) is 0 Å². The summed E-state index contributed by atoms with van der Waals surface area (Å²) in [6.45, 7) is 5.47. The van der Waals surface area contributed by atoms with Gasteiger partial charge in [-0.15, -0.1) is 0 Å². The largest absolute Gasteiger partial charge is 0.395 e. The average molecular weight is 235 g/mol. The van der Waals surface area contributed by atoms with Crippen LogP contribution >= 0.6 is 0 Å². The quantitative estimate of drug-likeness (QED) is 0.672. The highest BCUT2D eigenvalue weighted by molar-refractivity contribution is 7.86. The van der Waals surface area contributed by atoms with E-state index in [4.69, 9.17) is 5.11 Å². The maximum absolute atomic E-state index is 11.6. The molecule has 0 rings (SSSR count). The lowest BCUT2D eigenvalue weighted by molar-refractivity contribution is -0.121. The van der Waals surface area contributed by atoms with Gasteiger partial charge in [-0.1, -0.05) is 13.3 Å². The smallest absolute Gasteiger partial charge is 0.235 e. The second kappa shape index (κ2) is 7.82. The molecule has 0 aromatic rings. The number of carbonyl (C=O) groups is 1. The standard InChI is InChI=1S/C10H21NO3S/c1-4-5-8(2)11-10(13)9(3)15(14)7-6-12/h8-9,12H,4-7H2,1-3H3,(H,11,13). The average Bonchev–Trinajstić information content (AvgIpc) is 2.17. The zero-order valence-electron chi connectivity index (χ0n) is 9.66. The van der Waals surface area contributed by atoms with Gasteiger partial charge < -0.3 is 10.4 Å². The van der Waals surface area contributed by atoms with Crippen LogP contribution in [0.3, 0.4) is 0 Å². The SMILES string of the molecule is CCCC(C)NC(=O)C(C)S(=O)CCO. The molecule has 90 valence electrons. The summed E-state index contributed by atoms with van der Waals surface area (Å²) in [6.07, 6.45) is 1.93. The van der Waals surface area contributed by atoms with Crippen molar-refractivity contribution < 1.29 is 14.1 Å². The maximum atomic E-state index is 11.6. The Hall–Kier alpha value is -0.420. The third-order valence-electron chi connectivity index (χ3n) is 2.17. The van der Waals surface area contributed by atoms with E-state index in [9.17, 15) is 9.00 Å². The highest BCUT2D eigenvalue weighted by atomic mass is 32.2. The molecule has 0 aromatic heterocycles. The summed E-state index contributed by atoms with van der Waals surface area (Å²) in [5.74, 6) is -0.0285. The van der Waals surface area contributed by atoms with Crippen LogP contribution in [0.2, 0.25) is 0 Å². The highest BCUT2D eigenvalue weighted by Gasteiger charge is 2.20. The number of aliphatic hydroxyl groups is 1. The molecule has 0 aliphatic carbocycles. The van der Waals surface area contributed by atoms with Gasteiger partial charge in [0, 0.05) is 22.6 Å². The zero-order valence-corrected chi connectivity index (χ0v) is 10.5. The van der Waals surface area contributed by atoms with Crippen LogP contribution in [0.25, 0.3) is 0 Å². The molecule has 3 unspecified atom stereocenters. The first-order valence-electron chi connectivity index (χ1n) is 5.31. The van der Waals surface area contributed by atoms with Crippen LogP contribution in [-0.2, 0) is 15.6 Å². The first kappa shape index (κ1) is 14.6. The minimum atomic E-state index is -1.28. The minimum Gasteiger partial charge on any atom is -0.395 e. The summed E-state index contributed by atoms with van der Waals surface area (Å²) in [6, 6.07) is 0.121. The molecule has 0 heterocycles. The lowest BCUT2D eigenvalue weighted by atomic mass is 10.2. The minimum absolute atomic E-state index is 0.121. The Morgan fingerprint density at radius 3 is 2.53 bits per heavy atom. The van der Waals surface area contributed by atoms with Gasteiger partial charge in [-0.3, -0.25) is 9.00 Å². The molecule has 1 amide bonds. The van der Waals surface area contributed by atoms with Gasteiger partial charge in [0.25, 0.3) is 0 Å². The first-order valence-corrected chi connectivity index (χ1v) is 6.69. The molecule has 0 radical (unpaired) electrons. The number of amides is 1. The summed E-state index contributed by atoms with van der Waals surface area (Å²) in [7, 11) is -1.28. The normalized spacial score (nSPS) is 16.8. The molecule has 15 heavy (non-hydrogen) atoms. The summed E-state index contributed by atoms with van der Waals surface area (Å²) >= 11 is 0. The van der Waals surface area contributed by atoms with Gasteiger partial charge in [0.15, 0.2) is 0 Å². The Kier molecular flexibility index (Phi) is 7.60. The Bertz CT molecular complexity index is 221. The predicted octanol–water partition coefficient (Wildman–Crippen LogP) is 0.421. The molecule has 0 bridgehead atoms. The molecule has 0 aliphatic rings. The first-order chi connectivity index (χ1) is 7.02. The van der Waals surface area contributed by atoms with E-state index in [0.29, 0.717) is 0 Å². The van der Waals surface area contributed by atoms with E-state index in [0.717, 1.165) is 12.8 Å². The lowest BCUT2D eigenvalue weighted by Crippen LogP contribution is -2.41. The van der Waals surface area contributed by atoms with Crippen molar-refractivity contribution in [3.63, 3.8) is 0 Å². The van der Waals surface area contributed by atoms with Crippen molar-refractivity contribution in [3.8, 4) is 0 Å². The molecule has 0 saturated heterocycles. The van der Waals surface area contributed by atoms with E-state index in [1.165, 1.54) is 0 Å². The lowest BCUT2D eigenvalue weighted by Gasteiger charge is -2.16. The van der Waals surface area contributed by atoms with Crippen LogP contribution in [0, 0.1) is 0 Å². The van der Waals surface area contributed by atoms with Crippen molar-refractivity contribution >= 4 is 16.7 Å². The molecule has 0 spiro atoms. The van der Waals surface area contributed by atoms with E-state index in [1.54, 1.807) is 6.92 Å². The van der Waals surface area contributed by atoms with Gasteiger partial charge in [0.05, 0.1) is 6.61 Å². The van der Waals surface area contributed by atoms with Crippen LogP contribution in [-0.4, -0.2) is 38.9 Å². The van der Waals surface area contributed by atoms with Crippen molar-refractivity contribution in [1.82, 2.24) is 5.32 Å². The van der Waals surface area contributed by atoms with Crippen LogP contribution in [0.5, 0.6) is 0 Å². The number of nitrogens with one attached hydrogen (secondary N) is 1. The second-order valence-electron chi connectivity index (χ2n) is 3.65. The monoisotopic (exact) mass is 235 g/mol. The van der Waals surface area contributed by atoms with E-state index in [1.807, 2.05) is 6.92 Å². The van der Waals surface area contributed by atoms with Crippen LogP contribution < -0.4 is 5.32 Å². The number of rotatable bonds is 7. The van der Waals surface area contributed by atoms with E-state index >= 15 is 0 Å². The Balaban J connectivity index is 4.03. The second-order valence-corrected chi connectivity index (χ2v) is 5.53. The molecular weight excluding hydrogens is 214 g/mol. The molecule has 2 N–H and O–H groups in total. The van der Waals surface area contributed by atoms with Crippen LogP contribution in [0.1, 0.15) is 33.6 Å². The zero-order chi connectivity index (χ0) is 11.8. The number of carbonyl (C=O) groups excluding carboxylic acids is 1. The van der Waals surface area contributed by atoms with Gasteiger partial charge >= 0.3 is 0 Å². The molecule has 3 atom stereocenters. The number of hydrogen-bond donors (Lipinski definition) is 2. The fourth-order valence-electron chi connectivity index (χ4n) is 1.25. The maximum Gasteiger partial charge on any atom is 0.235 e.